The van der Waals surface area contributed by atoms with Crippen LogP contribution in [0.3, 0.4) is 0 Å². The van der Waals surface area contributed by atoms with Crippen molar-refractivity contribution in [3.05, 3.63) is 41.7 Å². The minimum atomic E-state index is -4.06. The lowest BCUT2D eigenvalue weighted by Gasteiger charge is -2.13. The van der Waals surface area contributed by atoms with Gasteiger partial charge >= 0.3 is 10.3 Å². The van der Waals surface area contributed by atoms with Gasteiger partial charge in [0.2, 0.25) is 5.78 Å². The monoisotopic (exact) mass is 447 g/mol. The van der Waals surface area contributed by atoms with Crippen LogP contribution in [0.5, 0.6) is 0 Å². The summed E-state index contributed by atoms with van der Waals surface area (Å²) in [6.45, 7) is 2.19. The third-order valence-electron chi connectivity index (χ3n) is 5.14. The fourth-order valence-electron chi connectivity index (χ4n) is 3.69. The molecule has 2 heterocycles. The first-order valence-electron chi connectivity index (χ1n) is 9.94. The molecule has 11 heteroatoms. The molecule has 166 valence electrons. The quantitative estimate of drug-likeness (QED) is 0.438. The summed E-state index contributed by atoms with van der Waals surface area (Å²) in [5.74, 6) is 5.28. The Hall–Kier alpha value is -2.65. The molecule has 3 rings (SSSR count). The van der Waals surface area contributed by atoms with Crippen LogP contribution in [0.4, 0.5) is 0 Å². The van der Waals surface area contributed by atoms with Crippen molar-refractivity contribution in [1.82, 2.24) is 19.7 Å². The van der Waals surface area contributed by atoms with Crippen LogP contribution < -0.4 is 5.14 Å². The molecule has 0 bridgehead atoms. The number of hydrogen-bond donors (Lipinski definition) is 2. The van der Waals surface area contributed by atoms with E-state index in [9.17, 15) is 18.3 Å². The fourth-order valence-corrected chi connectivity index (χ4v) is 4.06. The molecular formula is C20H25N5O5S. The van der Waals surface area contributed by atoms with E-state index in [1.54, 1.807) is 16.9 Å². The van der Waals surface area contributed by atoms with Crippen LogP contribution in [-0.2, 0) is 27.5 Å². The van der Waals surface area contributed by atoms with E-state index in [0.717, 1.165) is 6.42 Å². The average molecular weight is 448 g/mol. The third-order valence-corrected chi connectivity index (χ3v) is 5.60. The van der Waals surface area contributed by atoms with Gasteiger partial charge in [-0.1, -0.05) is 12.8 Å². The minimum Gasteiger partial charge on any atom is -0.393 e. The van der Waals surface area contributed by atoms with Gasteiger partial charge in [0.15, 0.2) is 0 Å². The number of hydrogen-bond acceptors (Lipinski definition) is 8. The number of aliphatic hydroxyl groups excluding tert-OH is 1. The molecule has 3 atom stereocenters. The first-order valence-corrected chi connectivity index (χ1v) is 11.4. The summed E-state index contributed by atoms with van der Waals surface area (Å²) >= 11 is 0. The molecule has 1 fully saturated rings. The Kier molecular flexibility index (Phi) is 7.50. The van der Waals surface area contributed by atoms with Gasteiger partial charge < -0.3 is 5.11 Å². The number of carbonyl (C=O) groups is 1. The second-order valence-corrected chi connectivity index (χ2v) is 8.69. The van der Waals surface area contributed by atoms with Crippen LogP contribution >= 0.6 is 0 Å². The van der Waals surface area contributed by atoms with Crippen LogP contribution in [0, 0.1) is 23.7 Å². The molecule has 0 amide bonds. The number of carbonyl (C=O) groups excluding carboxylic acids is 1. The molecule has 0 radical (unpaired) electrons. The van der Waals surface area contributed by atoms with E-state index >= 15 is 0 Å². The number of nitrogens with zero attached hydrogens (tertiary/aromatic N) is 4. The second-order valence-electron chi connectivity index (χ2n) is 7.46. The van der Waals surface area contributed by atoms with Gasteiger partial charge in [-0.15, -0.1) is 5.92 Å². The van der Waals surface area contributed by atoms with Crippen molar-refractivity contribution in [2.24, 2.45) is 17.0 Å². The number of ketones is 1. The number of rotatable bonds is 8. The normalized spacial score (nSPS) is 20.9. The zero-order valence-corrected chi connectivity index (χ0v) is 18.0. The van der Waals surface area contributed by atoms with Gasteiger partial charge in [0.25, 0.3) is 0 Å². The molecule has 31 heavy (non-hydrogen) atoms. The van der Waals surface area contributed by atoms with Crippen molar-refractivity contribution in [2.45, 2.75) is 45.3 Å². The Morgan fingerprint density at radius 3 is 2.94 bits per heavy atom. The molecule has 0 aromatic carbocycles. The van der Waals surface area contributed by atoms with E-state index in [-0.39, 0.29) is 29.9 Å². The smallest absolute Gasteiger partial charge is 0.333 e. The highest BCUT2D eigenvalue weighted by Crippen LogP contribution is 2.34. The average Bonchev–Trinajstić information content (AvgIpc) is 3.32. The largest absolute Gasteiger partial charge is 0.393 e. The van der Waals surface area contributed by atoms with Crippen molar-refractivity contribution < 1.29 is 22.5 Å². The van der Waals surface area contributed by atoms with Gasteiger partial charge in [0, 0.05) is 24.7 Å². The van der Waals surface area contributed by atoms with E-state index in [0.29, 0.717) is 37.1 Å². The number of aliphatic hydroxyl groups is 1. The van der Waals surface area contributed by atoms with E-state index < -0.39 is 16.4 Å². The molecule has 0 unspecified atom stereocenters. The molecule has 0 spiro atoms. The topological polar surface area (TPSA) is 150 Å². The third kappa shape index (κ3) is 6.41. The van der Waals surface area contributed by atoms with Gasteiger partial charge in [-0.05, 0) is 31.2 Å². The van der Waals surface area contributed by atoms with Gasteiger partial charge in [-0.25, -0.2) is 15.1 Å². The zero-order chi connectivity index (χ0) is 22.4. The summed E-state index contributed by atoms with van der Waals surface area (Å²) in [5.41, 5.74) is 1.19. The Balaban J connectivity index is 1.69. The molecule has 2 aromatic heterocycles. The van der Waals surface area contributed by atoms with Crippen molar-refractivity contribution in [1.29, 1.82) is 0 Å². The van der Waals surface area contributed by atoms with Crippen LogP contribution in [0.25, 0.3) is 0 Å². The van der Waals surface area contributed by atoms with Crippen LogP contribution in [0.1, 0.15) is 47.9 Å². The van der Waals surface area contributed by atoms with Gasteiger partial charge in [-0.3, -0.25) is 13.7 Å². The van der Waals surface area contributed by atoms with E-state index in [1.165, 1.54) is 12.5 Å². The first-order chi connectivity index (χ1) is 14.8. The fraction of sp³-hybridized carbons (Fsp3) is 0.500. The first kappa shape index (κ1) is 23.0. The summed E-state index contributed by atoms with van der Waals surface area (Å²) in [4.78, 5) is 21.2. The van der Waals surface area contributed by atoms with E-state index in [1.807, 2.05) is 6.92 Å². The molecule has 1 aliphatic carbocycles. The Morgan fingerprint density at radius 1 is 1.39 bits per heavy atom. The SMILES string of the molecule is CCC#CCn1ccc(C(=O)c2cncnc2C[C@@H]2C[C@H](COS(N)(=O)=O)[C@@H](O)C2)n1. The Bertz CT molecular complexity index is 1090. The maximum atomic E-state index is 13.0. The lowest BCUT2D eigenvalue weighted by molar-refractivity contribution is 0.100. The van der Waals surface area contributed by atoms with Crippen molar-refractivity contribution in [3.8, 4) is 11.8 Å². The highest BCUT2D eigenvalue weighted by molar-refractivity contribution is 7.84. The lowest BCUT2D eigenvalue weighted by atomic mass is 9.96. The highest BCUT2D eigenvalue weighted by Gasteiger charge is 2.35. The summed E-state index contributed by atoms with van der Waals surface area (Å²) in [6, 6.07) is 1.63. The van der Waals surface area contributed by atoms with Crippen LogP contribution in [-0.4, -0.2) is 51.8 Å². The van der Waals surface area contributed by atoms with Gasteiger partial charge in [0.1, 0.15) is 18.6 Å². The Morgan fingerprint density at radius 2 is 2.19 bits per heavy atom. The molecule has 2 aromatic rings. The number of nitrogens with two attached hydrogens (primary N) is 1. The maximum Gasteiger partial charge on any atom is 0.333 e. The lowest BCUT2D eigenvalue weighted by Crippen LogP contribution is -2.24. The molecule has 1 saturated carbocycles. The van der Waals surface area contributed by atoms with E-state index in [4.69, 9.17) is 5.14 Å². The Labute approximate surface area is 181 Å². The molecule has 3 N–H and O–H groups in total. The van der Waals surface area contributed by atoms with Crippen molar-refractivity contribution in [3.63, 3.8) is 0 Å². The minimum absolute atomic E-state index is 0.00686. The molecular weight excluding hydrogens is 422 g/mol. The predicted octanol–water partition coefficient (Wildman–Crippen LogP) is 0.467. The summed E-state index contributed by atoms with van der Waals surface area (Å²) in [5, 5.41) is 19.4. The van der Waals surface area contributed by atoms with Gasteiger partial charge in [0.05, 0.1) is 24.0 Å². The predicted molar refractivity (Wildman–Crippen MR) is 111 cm³/mol. The van der Waals surface area contributed by atoms with E-state index in [2.05, 4.69) is 31.1 Å². The summed E-state index contributed by atoms with van der Waals surface area (Å²) in [6.07, 6.45) is 5.99. The van der Waals surface area contributed by atoms with Gasteiger partial charge in [-0.2, -0.15) is 13.5 Å². The summed E-state index contributed by atoms with van der Waals surface area (Å²) < 4.78 is 28.2. The maximum absolute atomic E-state index is 13.0. The summed E-state index contributed by atoms with van der Waals surface area (Å²) in [7, 11) is -4.06. The van der Waals surface area contributed by atoms with Crippen molar-refractivity contribution in [2.75, 3.05) is 6.61 Å². The molecule has 0 aliphatic heterocycles. The van der Waals surface area contributed by atoms with Crippen molar-refractivity contribution >= 4 is 16.1 Å². The second kappa shape index (κ2) is 10.1. The van der Waals surface area contributed by atoms with Crippen LogP contribution in [0.15, 0.2) is 24.8 Å². The standard InChI is InChI=1S/C20H25N5O5S/c1-2-3-4-6-25-7-5-17(24-25)20(27)16-11-22-13-23-18(16)9-14-8-15(19(26)10-14)12-30-31(21,28)29/h5,7,11,13-15,19,26H,2,6,8-10,12H2,1H3,(H2,21,28,29)/t14-,15+,19-/m0/s1. The zero-order valence-electron chi connectivity index (χ0n) is 17.1. The highest BCUT2D eigenvalue weighted by atomic mass is 32.2. The molecule has 0 saturated heterocycles. The number of aromatic nitrogens is 4. The van der Waals surface area contributed by atoms with Crippen LogP contribution in [0.2, 0.25) is 0 Å². The molecule has 1 aliphatic rings. The molecule has 10 nitrogen and oxygen atoms in total.